The maximum absolute atomic E-state index is 12.9. The summed E-state index contributed by atoms with van der Waals surface area (Å²) in [6.07, 6.45) is 1.64. The van der Waals surface area contributed by atoms with Crippen LogP contribution in [-0.2, 0) is 0 Å². The van der Waals surface area contributed by atoms with Crippen LogP contribution >= 0.6 is 34.7 Å². The molecule has 0 spiro atoms. The van der Waals surface area contributed by atoms with Crippen LogP contribution in [0.3, 0.4) is 0 Å². The predicted octanol–water partition coefficient (Wildman–Crippen LogP) is 6.45. The van der Waals surface area contributed by atoms with Crippen molar-refractivity contribution in [2.45, 2.75) is 9.92 Å². The fourth-order valence-corrected chi connectivity index (χ4v) is 4.92. The summed E-state index contributed by atoms with van der Waals surface area (Å²) in [6.45, 7) is 0. The molecule has 3 heterocycles. The van der Waals surface area contributed by atoms with Crippen molar-refractivity contribution in [3.05, 3.63) is 99.0 Å². The van der Waals surface area contributed by atoms with Gasteiger partial charge in [0.2, 0.25) is 0 Å². The number of nitrogens with one attached hydrogen (secondary N) is 1. The number of para-hydroxylation sites is 1. The number of halogens is 1. The molecule has 8 nitrogen and oxygen atoms in total. The molecule has 0 radical (unpaired) electrons. The Labute approximate surface area is 206 Å². The average molecular weight is 508 g/mol. The van der Waals surface area contributed by atoms with Gasteiger partial charge in [0.25, 0.3) is 5.91 Å². The molecular weight excluding hydrogens is 494 g/mol. The van der Waals surface area contributed by atoms with E-state index in [9.17, 15) is 14.9 Å². The molecule has 1 amide bonds. The van der Waals surface area contributed by atoms with Gasteiger partial charge in [-0.2, -0.15) is 5.10 Å². The number of carbonyl (C=O) groups is 1. The number of thiophene rings is 1. The zero-order valence-electron chi connectivity index (χ0n) is 17.2. The lowest BCUT2D eigenvalue weighted by Gasteiger charge is -2.09. The first kappa shape index (κ1) is 22.1. The second-order valence-electron chi connectivity index (χ2n) is 7.04. The Bertz CT molecular complexity index is 1520. The highest BCUT2D eigenvalue weighted by molar-refractivity contribution is 7.99. The smallest absolute Gasteiger partial charge is 0.305 e. The van der Waals surface area contributed by atoms with Gasteiger partial charge in [0.15, 0.2) is 0 Å². The number of benzene rings is 2. The molecule has 5 aromatic rings. The number of fused-ring (bicyclic) bond motifs is 1. The van der Waals surface area contributed by atoms with Gasteiger partial charge in [-0.05, 0) is 48.5 Å². The predicted molar refractivity (Wildman–Crippen MR) is 133 cm³/mol. The van der Waals surface area contributed by atoms with Crippen LogP contribution in [0.4, 0.5) is 10.8 Å². The second kappa shape index (κ2) is 9.26. The van der Waals surface area contributed by atoms with Crippen molar-refractivity contribution in [3.8, 4) is 5.69 Å². The SMILES string of the molecule is O=C(Nc1nc(Sc2ccc(Cl)cc2)cc2c1cnn2-c1ccccc1)c1ccc([N+](=O)[O-])s1. The molecule has 3 aromatic heterocycles. The van der Waals surface area contributed by atoms with E-state index in [1.165, 1.54) is 23.9 Å². The van der Waals surface area contributed by atoms with E-state index in [-0.39, 0.29) is 9.88 Å². The number of pyridine rings is 1. The first-order valence-corrected chi connectivity index (χ1v) is 11.9. The Morgan fingerprint density at radius 2 is 1.85 bits per heavy atom. The van der Waals surface area contributed by atoms with Gasteiger partial charge in [-0.1, -0.05) is 52.9 Å². The van der Waals surface area contributed by atoms with Gasteiger partial charge in [-0.25, -0.2) is 9.67 Å². The molecule has 0 atom stereocenters. The highest BCUT2D eigenvalue weighted by atomic mass is 35.5. The van der Waals surface area contributed by atoms with Crippen molar-refractivity contribution in [1.29, 1.82) is 0 Å². The highest BCUT2D eigenvalue weighted by Gasteiger charge is 2.19. The number of aromatic nitrogens is 3. The van der Waals surface area contributed by atoms with Crippen molar-refractivity contribution in [3.63, 3.8) is 0 Å². The summed E-state index contributed by atoms with van der Waals surface area (Å²) in [7, 11) is 0. The number of anilines is 1. The first-order chi connectivity index (χ1) is 16.5. The zero-order chi connectivity index (χ0) is 23.7. The van der Waals surface area contributed by atoms with E-state index in [1.54, 1.807) is 23.0 Å². The molecule has 0 unspecified atom stereocenters. The molecule has 0 saturated heterocycles. The molecule has 0 aliphatic heterocycles. The molecule has 0 bridgehead atoms. The second-order valence-corrected chi connectivity index (χ2v) is 9.63. The molecule has 0 aliphatic carbocycles. The van der Waals surface area contributed by atoms with E-state index in [0.29, 0.717) is 21.3 Å². The zero-order valence-corrected chi connectivity index (χ0v) is 19.6. The van der Waals surface area contributed by atoms with Gasteiger partial charge in [-0.3, -0.25) is 14.9 Å². The fourth-order valence-electron chi connectivity index (χ4n) is 3.26. The number of nitrogens with zero attached hydrogens (tertiary/aromatic N) is 4. The molecule has 2 aromatic carbocycles. The van der Waals surface area contributed by atoms with Crippen LogP contribution in [0.15, 0.2) is 88.9 Å². The summed E-state index contributed by atoms with van der Waals surface area (Å²) in [6, 6.07) is 21.6. The maximum Gasteiger partial charge on any atom is 0.324 e. The van der Waals surface area contributed by atoms with E-state index < -0.39 is 10.8 Å². The van der Waals surface area contributed by atoms with E-state index >= 15 is 0 Å². The molecular formula is C23H14ClN5O3S2. The highest BCUT2D eigenvalue weighted by Crippen LogP contribution is 2.34. The average Bonchev–Trinajstić information content (AvgIpc) is 3.49. The summed E-state index contributed by atoms with van der Waals surface area (Å²) in [5, 5.41) is 20.1. The summed E-state index contributed by atoms with van der Waals surface area (Å²) < 4.78 is 1.77. The van der Waals surface area contributed by atoms with Crippen molar-refractivity contribution in [2.75, 3.05) is 5.32 Å². The maximum atomic E-state index is 12.9. The van der Waals surface area contributed by atoms with E-state index in [2.05, 4.69) is 15.4 Å². The monoisotopic (exact) mass is 507 g/mol. The van der Waals surface area contributed by atoms with E-state index in [4.69, 9.17) is 11.6 Å². The lowest BCUT2D eigenvalue weighted by molar-refractivity contribution is -0.380. The van der Waals surface area contributed by atoms with E-state index in [1.807, 2.05) is 48.5 Å². The normalized spacial score (nSPS) is 11.0. The minimum Gasteiger partial charge on any atom is -0.305 e. The Hall–Kier alpha value is -3.73. The largest absolute Gasteiger partial charge is 0.324 e. The Morgan fingerprint density at radius 3 is 2.56 bits per heavy atom. The van der Waals surface area contributed by atoms with Crippen molar-refractivity contribution in [1.82, 2.24) is 14.8 Å². The van der Waals surface area contributed by atoms with Gasteiger partial charge in [0, 0.05) is 16.0 Å². The molecule has 0 aliphatic rings. The standard InChI is InChI=1S/C23H14ClN5O3S2/c24-14-6-8-16(9-7-14)33-20-12-18-17(13-25-28(18)15-4-2-1-3-5-15)22(26-20)27-23(30)19-10-11-21(34-19)29(31)32/h1-13H,(H,26,27,30). The number of hydrogen-bond donors (Lipinski definition) is 1. The van der Waals surface area contributed by atoms with Gasteiger partial charge in [0.05, 0.1) is 32.6 Å². The lowest BCUT2D eigenvalue weighted by atomic mass is 10.3. The summed E-state index contributed by atoms with van der Waals surface area (Å²) >= 11 is 8.22. The van der Waals surface area contributed by atoms with Crippen molar-refractivity contribution in [2.24, 2.45) is 0 Å². The third kappa shape index (κ3) is 4.51. The molecule has 168 valence electrons. The van der Waals surface area contributed by atoms with Gasteiger partial charge in [0.1, 0.15) is 10.8 Å². The fraction of sp³-hybridized carbons (Fsp3) is 0. The van der Waals surface area contributed by atoms with Crippen LogP contribution in [-0.4, -0.2) is 25.6 Å². The number of hydrogen-bond acceptors (Lipinski definition) is 7. The lowest BCUT2D eigenvalue weighted by Crippen LogP contribution is -2.12. The van der Waals surface area contributed by atoms with Gasteiger partial charge in [-0.15, -0.1) is 0 Å². The minimum absolute atomic E-state index is 0.104. The molecule has 1 N–H and O–H groups in total. The summed E-state index contributed by atoms with van der Waals surface area (Å²) in [4.78, 5) is 29.1. The Balaban J connectivity index is 1.57. The number of rotatable bonds is 6. The third-order valence-corrected chi connectivity index (χ3v) is 7.02. The van der Waals surface area contributed by atoms with Gasteiger partial charge < -0.3 is 5.32 Å². The van der Waals surface area contributed by atoms with Crippen molar-refractivity contribution >= 4 is 62.3 Å². The van der Waals surface area contributed by atoms with E-state index in [0.717, 1.165) is 27.4 Å². The van der Waals surface area contributed by atoms with Crippen LogP contribution < -0.4 is 5.32 Å². The van der Waals surface area contributed by atoms with Crippen LogP contribution in [0.25, 0.3) is 16.6 Å². The Morgan fingerprint density at radius 1 is 1.09 bits per heavy atom. The number of carbonyl (C=O) groups excluding carboxylic acids is 1. The van der Waals surface area contributed by atoms with Crippen LogP contribution in [0.5, 0.6) is 0 Å². The first-order valence-electron chi connectivity index (χ1n) is 9.91. The summed E-state index contributed by atoms with van der Waals surface area (Å²) in [5.74, 6) is -0.162. The minimum atomic E-state index is -0.523. The molecule has 11 heteroatoms. The quantitative estimate of drug-likeness (QED) is 0.209. The summed E-state index contributed by atoms with van der Waals surface area (Å²) in [5.41, 5.74) is 1.61. The van der Waals surface area contributed by atoms with Gasteiger partial charge >= 0.3 is 5.00 Å². The van der Waals surface area contributed by atoms with Crippen LogP contribution in [0.1, 0.15) is 9.67 Å². The van der Waals surface area contributed by atoms with Crippen LogP contribution in [0.2, 0.25) is 5.02 Å². The number of nitro groups is 1. The molecule has 5 rings (SSSR count). The Kier molecular flexibility index (Phi) is 6.01. The van der Waals surface area contributed by atoms with Crippen LogP contribution in [0, 0.1) is 10.1 Å². The number of amides is 1. The molecule has 0 fully saturated rings. The third-order valence-electron chi connectivity index (χ3n) is 4.81. The molecule has 0 saturated carbocycles. The topological polar surface area (TPSA) is 103 Å². The van der Waals surface area contributed by atoms with Crippen molar-refractivity contribution < 1.29 is 9.72 Å². The molecule has 34 heavy (non-hydrogen) atoms.